The molecule has 1 atom stereocenters. The van der Waals surface area contributed by atoms with Crippen molar-refractivity contribution in [1.82, 2.24) is 4.98 Å². The van der Waals surface area contributed by atoms with Crippen LogP contribution in [0.25, 0.3) is 0 Å². The largest absolute Gasteiger partial charge is 0.348 e. The lowest BCUT2D eigenvalue weighted by molar-refractivity contribution is 0.0683. The maximum Gasteiger partial charge on any atom is 0.185 e. The number of nitrogens with zero attached hydrogens (tertiary/aromatic N) is 2. The van der Waals surface area contributed by atoms with Crippen molar-refractivity contribution in [3.63, 3.8) is 0 Å². The van der Waals surface area contributed by atoms with E-state index in [4.69, 9.17) is 10.7 Å². The molecule has 5 heteroatoms. The van der Waals surface area contributed by atoms with Crippen LogP contribution >= 0.6 is 11.3 Å². The molecule has 2 N–H and O–H groups in total. The van der Waals surface area contributed by atoms with Gasteiger partial charge in [-0.25, -0.2) is 10.9 Å². The molecule has 1 aromatic heterocycles. The summed E-state index contributed by atoms with van der Waals surface area (Å²) in [4.78, 5) is 13.0. The second kappa shape index (κ2) is 5.12. The molecule has 1 unspecified atom stereocenters. The number of anilines is 1. The fraction of sp³-hybridized carbons (Fsp3) is 0.727. The van der Waals surface area contributed by atoms with Gasteiger partial charge >= 0.3 is 0 Å². The van der Waals surface area contributed by atoms with Gasteiger partial charge in [-0.3, -0.25) is 4.84 Å². The van der Waals surface area contributed by atoms with Crippen LogP contribution in [0.3, 0.4) is 0 Å². The summed E-state index contributed by atoms with van der Waals surface area (Å²) in [5.41, 5.74) is 1.04. The van der Waals surface area contributed by atoms with Crippen LogP contribution < -0.4 is 10.8 Å². The number of rotatable bonds is 3. The van der Waals surface area contributed by atoms with Crippen LogP contribution in [0.5, 0.6) is 0 Å². The highest BCUT2D eigenvalue weighted by molar-refractivity contribution is 7.15. The van der Waals surface area contributed by atoms with Gasteiger partial charge in [0.15, 0.2) is 5.13 Å². The van der Waals surface area contributed by atoms with E-state index in [-0.39, 0.29) is 6.10 Å². The number of nitrogens with two attached hydrogens (primary N) is 1. The maximum atomic E-state index is 5.23. The Bertz CT molecular complexity index is 347. The van der Waals surface area contributed by atoms with E-state index in [1.54, 1.807) is 11.3 Å². The molecule has 0 bridgehead atoms. The number of aryl methyl sites for hydroxylation is 1. The third kappa shape index (κ3) is 2.36. The Morgan fingerprint density at radius 3 is 2.69 bits per heavy atom. The van der Waals surface area contributed by atoms with Crippen molar-refractivity contribution < 1.29 is 4.84 Å². The number of aromatic nitrogens is 1. The second-order valence-electron chi connectivity index (χ2n) is 4.27. The fourth-order valence-electron chi connectivity index (χ4n) is 2.05. The number of hydrogen-bond acceptors (Lipinski definition) is 5. The van der Waals surface area contributed by atoms with E-state index in [0.29, 0.717) is 0 Å². The molecule has 2 heterocycles. The minimum Gasteiger partial charge on any atom is -0.348 e. The SMILES string of the molecule is Cc1nc(N2CCCCC2)sc1C(C)ON. The second-order valence-corrected chi connectivity index (χ2v) is 5.28. The number of hydrogen-bond donors (Lipinski definition) is 1. The summed E-state index contributed by atoms with van der Waals surface area (Å²) in [5, 5.41) is 1.12. The normalized spacial score (nSPS) is 18.8. The highest BCUT2D eigenvalue weighted by Crippen LogP contribution is 2.32. The van der Waals surface area contributed by atoms with Crippen LogP contribution in [0.1, 0.15) is 42.9 Å². The van der Waals surface area contributed by atoms with E-state index >= 15 is 0 Å². The lowest BCUT2D eigenvalue weighted by Crippen LogP contribution is -2.29. The van der Waals surface area contributed by atoms with Gasteiger partial charge in [0.05, 0.1) is 10.6 Å². The molecule has 0 aromatic carbocycles. The molecule has 90 valence electrons. The summed E-state index contributed by atoms with van der Waals surface area (Å²) in [6, 6.07) is 0. The molecule has 0 spiro atoms. The van der Waals surface area contributed by atoms with Gasteiger partial charge in [-0.2, -0.15) is 0 Å². The van der Waals surface area contributed by atoms with Crippen LogP contribution in [0.2, 0.25) is 0 Å². The zero-order valence-corrected chi connectivity index (χ0v) is 10.7. The smallest absolute Gasteiger partial charge is 0.185 e. The average Bonchev–Trinajstić information content (AvgIpc) is 2.71. The molecule has 0 amide bonds. The lowest BCUT2D eigenvalue weighted by Gasteiger charge is -2.25. The quantitative estimate of drug-likeness (QED) is 0.826. The molecule has 2 rings (SSSR count). The average molecular weight is 241 g/mol. The first-order chi connectivity index (χ1) is 7.72. The molecule has 1 aliphatic heterocycles. The summed E-state index contributed by atoms with van der Waals surface area (Å²) in [6.45, 7) is 6.24. The van der Waals surface area contributed by atoms with Crippen molar-refractivity contribution >= 4 is 16.5 Å². The minimum absolute atomic E-state index is 0.0592. The minimum atomic E-state index is -0.0592. The van der Waals surface area contributed by atoms with E-state index in [2.05, 4.69) is 9.88 Å². The summed E-state index contributed by atoms with van der Waals surface area (Å²) in [7, 11) is 0. The van der Waals surface area contributed by atoms with Gasteiger partial charge < -0.3 is 4.90 Å². The molecule has 1 saturated heterocycles. The Kier molecular flexibility index (Phi) is 3.78. The van der Waals surface area contributed by atoms with Crippen molar-refractivity contribution in [1.29, 1.82) is 0 Å². The highest BCUT2D eigenvalue weighted by Gasteiger charge is 2.19. The van der Waals surface area contributed by atoms with Gasteiger partial charge in [0.2, 0.25) is 0 Å². The van der Waals surface area contributed by atoms with E-state index in [1.165, 1.54) is 19.3 Å². The van der Waals surface area contributed by atoms with Crippen LogP contribution in [-0.4, -0.2) is 18.1 Å². The molecule has 0 radical (unpaired) electrons. The molecule has 0 saturated carbocycles. The lowest BCUT2D eigenvalue weighted by atomic mass is 10.1. The fourth-order valence-corrected chi connectivity index (χ4v) is 3.16. The summed E-state index contributed by atoms with van der Waals surface area (Å²) in [6.07, 6.45) is 3.83. The molecular weight excluding hydrogens is 222 g/mol. The molecule has 1 aromatic rings. The van der Waals surface area contributed by atoms with Gasteiger partial charge in [-0.1, -0.05) is 11.3 Å². The molecule has 4 nitrogen and oxygen atoms in total. The zero-order valence-electron chi connectivity index (χ0n) is 9.90. The summed E-state index contributed by atoms with van der Waals surface area (Å²) >= 11 is 1.71. The van der Waals surface area contributed by atoms with Crippen molar-refractivity contribution in [2.75, 3.05) is 18.0 Å². The first-order valence-electron chi connectivity index (χ1n) is 5.80. The van der Waals surface area contributed by atoms with Gasteiger partial charge in [0.25, 0.3) is 0 Å². The molecular formula is C11H19N3OS. The predicted molar refractivity (Wildman–Crippen MR) is 66.6 cm³/mol. The Morgan fingerprint density at radius 1 is 1.38 bits per heavy atom. The van der Waals surface area contributed by atoms with Crippen LogP contribution in [0.4, 0.5) is 5.13 Å². The molecule has 1 fully saturated rings. The molecule has 16 heavy (non-hydrogen) atoms. The van der Waals surface area contributed by atoms with Crippen molar-refractivity contribution in [3.8, 4) is 0 Å². The van der Waals surface area contributed by atoms with E-state index in [0.717, 1.165) is 28.8 Å². The van der Waals surface area contributed by atoms with E-state index in [1.807, 2.05) is 13.8 Å². The van der Waals surface area contributed by atoms with Crippen molar-refractivity contribution in [2.45, 2.75) is 39.2 Å². The molecule has 1 aliphatic rings. The molecule has 0 aliphatic carbocycles. The van der Waals surface area contributed by atoms with E-state index in [9.17, 15) is 0 Å². The van der Waals surface area contributed by atoms with Gasteiger partial charge in [-0.05, 0) is 33.1 Å². The number of piperidine rings is 1. The van der Waals surface area contributed by atoms with Gasteiger partial charge in [-0.15, -0.1) is 0 Å². The van der Waals surface area contributed by atoms with Crippen LogP contribution in [0.15, 0.2) is 0 Å². The van der Waals surface area contributed by atoms with E-state index < -0.39 is 0 Å². The first-order valence-corrected chi connectivity index (χ1v) is 6.62. The Balaban J connectivity index is 2.16. The summed E-state index contributed by atoms with van der Waals surface area (Å²) in [5.74, 6) is 5.23. The van der Waals surface area contributed by atoms with Crippen LogP contribution in [0, 0.1) is 6.92 Å². The standard InChI is InChI=1S/C11H19N3OS/c1-8-10(9(2)15-12)16-11(13-8)14-6-4-3-5-7-14/h9H,3-7,12H2,1-2H3. The zero-order chi connectivity index (χ0) is 11.5. The van der Waals surface area contributed by atoms with Gasteiger partial charge in [0.1, 0.15) is 6.10 Å². The van der Waals surface area contributed by atoms with Crippen molar-refractivity contribution in [2.24, 2.45) is 5.90 Å². The van der Waals surface area contributed by atoms with Crippen molar-refractivity contribution in [3.05, 3.63) is 10.6 Å². The maximum absolute atomic E-state index is 5.23. The Morgan fingerprint density at radius 2 is 2.06 bits per heavy atom. The third-order valence-corrected chi connectivity index (χ3v) is 4.40. The predicted octanol–water partition coefficient (Wildman–Crippen LogP) is 2.39. The van der Waals surface area contributed by atoms with Gasteiger partial charge in [0, 0.05) is 13.1 Å². The first kappa shape index (κ1) is 11.8. The Hall–Kier alpha value is -0.650. The highest BCUT2D eigenvalue weighted by atomic mass is 32.1. The topological polar surface area (TPSA) is 51.4 Å². The van der Waals surface area contributed by atoms with Crippen LogP contribution in [-0.2, 0) is 4.84 Å². The number of thiazole rings is 1. The third-order valence-electron chi connectivity index (χ3n) is 3.02. The monoisotopic (exact) mass is 241 g/mol. The summed E-state index contributed by atoms with van der Waals surface area (Å²) < 4.78 is 0. The Labute approximate surface area is 100 Å².